The Kier molecular flexibility index (Phi) is 7.62. The second-order valence-electron chi connectivity index (χ2n) is 6.46. The normalized spacial score (nSPS) is 11.1. The van der Waals surface area contributed by atoms with Crippen LogP contribution in [0.25, 0.3) is 5.69 Å². The van der Waals surface area contributed by atoms with E-state index in [-0.39, 0.29) is 0 Å². The van der Waals surface area contributed by atoms with Crippen molar-refractivity contribution in [3.8, 4) is 5.69 Å². The Morgan fingerprint density at radius 2 is 1.62 bits per heavy atom. The number of aromatic nitrogens is 3. The molecular formula is C21H26N8. The molecule has 3 rings (SSSR count). The molecule has 0 radical (unpaired) electrons. The van der Waals surface area contributed by atoms with Gasteiger partial charge in [0.05, 0.1) is 11.4 Å². The van der Waals surface area contributed by atoms with Crippen LogP contribution in [-0.4, -0.2) is 48.0 Å². The molecule has 0 aliphatic heterocycles. The van der Waals surface area contributed by atoms with E-state index in [2.05, 4.69) is 61.8 Å². The van der Waals surface area contributed by atoms with Crippen LogP contribution < -0.4 is 15.6 Å². The number of hydrogen-bond acceptors (Lipinski definition) is 6. The van der Waals surface area contributed by atoms with Gasteiger partial charge in [-0.1, -0.05) is 24.3 Å². The Morgan fingerprint density at radius 3 is 2.17 bits per heavy atom. The molecule has 2 N–H and O–H groups in total. The summed E-state index contributed by atoms with van der Waals surface area (Å²) < 4.78 is 1.75. The summed E-state index contributed by atoms with van der Waals surface area (Å²) in [6.07, 6.45) is 4.65. The molecule has 8 heteroatoms. The average Bonchev–Trinajstić information content (AvgIpc) is 3.30. The van der Waals surface area contributed by atoms with E-state index in [9.17, 15) is 0 Å². The van der Waals surface area contributed by atoms with E-state index < -0.39 is 0 Å². The van der Waals surface area contributed by atoms with Crippen LogP contribution in [0.5, 0.6) is 0 Å². The first-order chi connectivity index (χ1) is 14.3. The predicted molar refractivity (Wildman–Crippen MR) is 118 cm³/mol. The Balaban J connectivity index is 1.33. The van der Waals surface area contributed by atoms with Gasteiger partial charge in [-0.05, 0) is 42.1 Å². The molecular weight excluding hydrogens is 364 g/mol. The van der Waals surface area contributed by atoms with Gasteiger partial charge in [-0.15, -0.1) is 0 Å². The van der Waals surface area contributed by atoms with Crippen molar-refractivity contribution in [2.45, 2.75) is 13.1 Å². The van der Waals surface area contributed by atoms with E-state index in [1.165, 1.54) is 23.8 Å². The minimum absolute atomic E-state index is 0.829. The van der Waals surface area contributed by atoms with Crippen molar-refractivity contribution in [3.63, 3.8) is 0 Å². The minimum atomic E-state index is 0.829. The van der Waals surface area contributed by atoms with E-state index in [1.54, 1.807) is 16.0 Å². The molecule has 150 valence electrons. The predicted octanol–water partition coefficient (Wildman–Crippen LogP) is 2.23. The highest BCUT2D eigenvalue weighted by atomic mass is 15.4. The van der Waals surface area contributed by atoms with Gasteiger partial charge in [0.15, 0.2) is 0 Å². The third-order valence-electron chi connectivity index (χ3n) is 4.37. The number of nitrogens with one attached hydrogen (secondary N) is 2. The summed E-state index contributed by atoms with van der Waals surface area (Å²) in [5.74, 6) is 0. The van der Waals surface area contributed by atoms with E-state index in [0.29, 0.717) is 0 Å². The van der Waals surface area contributed by atoms with Crippen molar-refractivity contribution in [1.29, 1.82) is 0 Å². The number of nitrogens with zero attached hydrogens (tertiary/aromatic N) is 6. The SMILES string of the molecule is C=N/C=N\N(C)c1ccc(CNCCNCc2ccc(-n3cncn3)cc2)cc1. The maximum atomic E-state index is 4.13. The molecule has 29 heavy (non-hydrogen) atoms. The monoisotopic (exact) mass is 390 g/mol. The number of anilines is 1. The van der Waals surface area contributed by atoms with Crippen LogP contribution in [0.2, 0.25) is 0 Å². The van der Waals surface area contributed by atoms with Crippen LogP contribution in [0.1, 0.15) is 11.1 Å². The molecule has 8 nitrogen and oxygen atoms in total. The largest absolute Gasteiger partial charge is 0.311 e. The lowest BCUT2D eigenvalue weighted by Crippen LogP contribution is -2.26. The van der Waals surface area contributed by atoms with Gasteiger partial charge in [-0.2, -0.15) is 10.2 Å². The van der Waals surface area contributed by atoms with E-state index in [0.717, 1.165) is 37.6 Å². The van der Waals surface area contributed by atoms with Crippen LogP contribution in [0, 0.1) is 0 Å². The van der Waals surface area contributed by atoms with Gasteiger partial charge in [-0.25, -0.2) is 9.67 Å². The zero-order valence-electron chi connectivity index (χ0n) is 16.6. The summed E-state index contributed by atoms with van der Waals surface area (Å²) in [7, 11) is 1.88. The molecule has 0 saturated heterocycles. The lowest BCUT2D eigenvalue weighted by molar-refractivity contribution is 0.611. The van der Waals surface area contributed by atoms with Gasteiger partial charge >= 0.3 is 0 Å². The van der Waals surface area contributed by atoms with Crippen molar-refractivity contribution in [3.05, 3.63) is 72.3 Å². The van der Waals surface area contributed by atoms with Crippen molar-refractivity contribution in [1.82, 2.24) is 25.4 Å². The molecule has 0 unspecified atom stereocenters. The third-order valence-corrected chi connectivity index (χ3v) is 4.37. The molecule has 0 aliphatic rings. The number of hydrazone groups is 1. The summed E-state index contributed by atoms with van der Waals surface area (Å²) in [5.41, 5.74) is 4.49. The topological polar surface area (TPSA) is 82.7 Å². The minimum Gasteiger partial charge on any atom is -0.311 e. The maximum absolute atomic E-state index is 4.13. The quantitative estimate of drug-likeness (QED) is 0.227. The van der Waals surface area contributed by atoms with Gasteiger partial charge in [0.2, 0.25) is 0 Å². The summed E-state index contributed by atoms with van der Waals surface area (Å²) in [6, 6.07) is 16.6. The van der Waals surface area contributed by atoms with Gasteiger partial charge in [0.1, 0.15) is 19.0 Å². The van der Waals surface area contributed by atoms with Crippen molar-refractivity contribution in [2.75, 3.05) is 25.1 Å². The molecule has 1 aromatic heterocycles. The molecule has 0 aliphatic carbocycles. The molecule has 0 saturated carbocycles. The average molecular weight is 390 g/mol. The smallest absolute Gasteiger partial charge is 0.138 e. The Morgan fingerprint density at radius 1 is 1.00 bits per heavy atom. The first-order valence-electron chi connectivity index (χ1n) is 9.42. The summed E-state index contributed by atoms with van der Waals surface area (Å²) >= 11 is 0. The molecule has 2 aromatic carbocycles. The first kappa shape index (κ1) is 20.4. The van der Waals surface area contributed by atoms with Crippen LogP contribution >= 0.6 is 0 Å². The fourth-order valence-corrected chi connectivity index (χ4v) is 2.76. The van der Waals surface area contributed by atoms with Gasteiger partial charge < -0.3 is 10.6 Å². The van der Waals surface area contributed by atoms with Crippen LogP contribution in [0.3, 0.4) is 0 Å². The van der Waals surface area contributed by atoms with E-state index in [4.69, 9.17) is 0 Å². The number of benzene rings is 2. The van der Waals surface area contributed by atoms with Crippen molar-refractivity contribution >= 4 is 18.7 Å². The van der Waals surface area contributed by atoms with E-state index in [1.807, 2.05) is 31.3 Å². The second-order valence-corrected chi connectivity index (χ2v) is 6.46. The van der Waals surface area contributed by atoms with Gasteiger partial charge in [0.25, 0.3) is 0 Å². The molecule has 3 aromatic rings. The highest BCUT2D eigenvalue weighted by molar-refractivity contribution is 5.63. The van der Waals surface area contributed by atoms with E-state index >= 15 is 0 Å². The van der Waals surface area contributed by atoms with Gasteiger partial charge in [-0.3, -0.25) is 10.0 Å². The Bertz CT molecular complexity index is 885. The maximum Gasteiger partial charge on any atom is 0.138 e. The third kappa shape index (κ3) is 6.34. The standard InChI is InChI=1S/C21H26N8/c1-22-15-26-28(2)20-7-3-18(4-8-20)13-23-11-12-24-14-19-5-9-21(10-6-19)29-17-25-16-27-29/h3-10,15-17,23-24H,1,11-14H2,2H3/b26-15-. The molecule has 1 heterocycles. The van der Waals surface area contributed by atoms with Crippen molar-refractivity contribution < 1.29 is 0 Å². The summed E-state index contributed by atoms with van der Waals surface area (Å²) in [6.45, 7) is 6.84. The summed E-state index contributed by atoms with van der Waals surface area (Å²) in [5, 5.41) is 16.9. The molecule has 0 bridgehead atoms. The number of aliphatic imine (C=N–C) groups is 1. The fourth-order valence-electron chi connectivity index (χ4n) is 2.76. The molecule has 0 atom stereocenters. The first-order valence-corrected chi connectivity index (χ1v) is 9.42. The second kappa shape index (κ2) is 10.8. The van der Waals surface area contributed by atoms with Crippen molar-refractivity contribution in [2.24, 2.45) is 10.1 Å². The highest BCUT2D eigenvalue weighted by Gasteiger charge is 2.00. The lowest BCUT2D eigenvalue weighted by atomic mass is 10.2. The molecule has 0 fully saturated rings. The Hall–Kier alpha value is -3.36. The zero-order valence-corrected chi connectivity index (χ0v) is 16.6. The lowest BCUT2D eigenvalue weighted by Gasteiger charge is -2.13. The van der Waals surface area contributed by atoms with Gasteiger partial charge in [0, 0.05) is 33.2 Å². The number of hydrogen-bond donors (Lipinski definition) is 2. The van der Waals surface area contributed by atoms with Crippen LogP contribution in [0.15, 0.2) is 71.3 Å². The Labute approximate surface area is 171 Å². The molecule has 0 spiro atoms. The molecule has 0 amide bonds. The summed E-state index contributed by atoms with van der Waals surface area (Å²) in [4.78, 5) is 7.58. The number of rotatable bonds is 11. The van der Waals surface area contributed by atoms with Crippen LogP contribution in [-0.2, 0) is 13.1 Å². The highest BCUT2D eigenvalue weighted by Crippen LogP contribution is 2.13. The zero-order chi connectivity index (χ0) is 20.3. The van der Waals surface area contributed by atoms with Crippen LogP contribution in [0.4, 0.5) is 5.69 Å². The fraction of sp³-hybridized carbons (Fsp3) is 0.238.